The summed E-state index contributed by atoms with van der Waals surface area (Å²) < 4.78 is 4.92. The van der Waals surface area contributed by atoms with Crippen LogP contribution in [0.5, 0.6) is 6.01 Å². The second-order valence-electron chi connectivity index (χ2n) is 3.60. The molecule has 0 unspecified atom stereocenters. The number of rotatable bonds is 3. The minimum atomic E-state index is -1.12. The van der Waals surface area contributed by atoms with Crippen LogP contribution in [0.1, 0.15) is 24.6 Å². The van der Waals surface area contributed by atoms with Crippen molar-refractivity contribution in [2.24, 2.45) is 0 Å². The van der Waals surface area contributed by atoms with Gasteiger partial charge in [0.05, 0.1) is 7.11 Å². The number of anilines is 1. The number of methoxy groups -OCH3 is 1. The van der Waals surface area contributed by atoms with Gasteiger partial charge >= 0.3 is 12.1 Å². The van der Waals surface area contributed by atoms with Crippen molar-refractivity contribution in [3.05, 3.63) is 5.82 Å². The van der Waals surface area contributed by atoms with Crippen LogP contribution in [0.15, 0.2) is 0 Å². The fraction of sp³-hybridized carbons (Fsp3) is 0.556. The van der Waals surface area contributed by atoms with Gasteiger partial charge in [-0.25, -0.2) is 9.69 Å². The molecule has 0 saturated heterocycles. The lowest BCUT2D eigenvalue weighted by atomic mass is 10.4. The number of ether oxygens (including phenoxy) is 1. The first-order chi connectivity index (χ1) is 7.61. The average molecular weight is 224 g/mol. The first kappa shape index (κ1) is 10.6. The molecule has 0 bridgehead atoms. The zero-order valence-electron chi connectivity index (χ0n) is 9.04. The lowest BCUT2D eigenvalue weighted by Gasteiger charge is -2.12. The van der Waals surface area contributed by atoms with Crippen molar-refractivity contribution in [2.45, 2.75) is 18.8 Å². The molecular weight excluding hydrogens is 212 g/mol. The zero-order chi connectivity index (χ0) is 11.7. The van der Waals surface area contributed by atoms with Crippen LogP contribution < -0.4 is 9.64 Å². The summed E-state index contributed by atoms with van der Waals surface area (Å²) in [5, 5.41) is 8.83. The summed E-state index contributed by atoms with van der Waals surface area (Å²) in [5.41, 5.74) is 0. The Morgan fingerprint density at radius 2 is 2.12 bits per heavy atom. The van der Waals surface area contributed by atoms with Gasteiger partial charge in [-0.15, -0.1) is 0 Å². The number of aromatic nitrogens is 3. The van der Waals surface area contributed by atoms with E-state index >= 15 is 0 Å². The van der Waals surface area contributed by atoms with Crippen LogP contribution in [0.3, 0.4) is 0 Å². The van der Waals surface area contributed by atoms with Crippen molar-refractivity contribution in [3.8, 4) is 6.01 Å². The molecule has 1 aromatic rings. The molecule has 0 spiro atoms. The highest BCUT2D eigenvalue weighted by molar-refractivity contribution is 5.82. The molecule has 0 atom stereocenters. The highest BCUT2D eigenvalue weighted by Crippen LogP contribution is 2.38. The molecule has 1 saturated carbocycles. The number of hydrogen-bond acceptors (Lipinski definition) is 5. The predicted octanol–water partition coefficient (Wildman–Crippen LogP) is 0.872. The molecular formula is C9H12N4O3. The largest absolute Gasteiger partial charge is 0.467 e. The van der Waals surface area contributed by atoms with Gasteiger partial charge < -0.3 is 9.84 Å². The standard InChI is InChI=1S/C9H12N4O3/c1-13(9(14)15)7-10-6(5-3-4-5)11-8(12-7)16-2/h5H,3-4H2,1-2H3,(H,14,15). The van der Waals surface area contributed by atoms with E-state index in [1.165, 1.54) is 14.2 Å². The van der Waals surface area contributed by atoms with E-state index < -0.39 is 6.09 Å². The van der Waals surface area contributed by atoms with Crippen molar-refractivity contribution >= 4 is 12.0 Å². The summed E-state index contributed by atoms with van der Waals surface area (Å²) in [6, 6.07) is 0.153. The summed E-state index contributed by atoms with van der Waals surface area (Å²) >= 11 is 0. The van der Waals surface area contributed by atoms with E-state index in [9.17, 15) is 4.79 Å². The normalized spacial score (nSPS) is 14.6. The number of carbonyl (C=O) groups is 1. The summed E-state index contributed by atoms with van der Waals surface area (Å²) in [6.07, 6.45) is 0.947. The Morgan fingerprint density at radius 1 is 1.44 bits per heavy atom. The van der Waals surface area contributed by atoms with Gasteiger partial charge in [-0.05, 0) is 12.8 Å². The Hall–Kier alpha value is -1.92. The van der Waals surface area contributed by atoms with Crippen LogP contribution in [0.4, 0.5) is 10.7 Å². The second kappa shape index (κ2) is 3.92. The summed E-state index contributed by atoms with van der Waals surface area (Å²) in [5.74, 6) is 1.02. The van der Waals surface area contributed by atoms with Crippen molar-refractivity contribution < 1.29 is 14.6 Å². The first-order valence-corrected chi connectivity index (χ1v) is 4.88. The van der Waals surface area contributed by atoms with Crippen molar-refractivity contribution in [1.29, 1.82) is 0 Å². The molecule has 7 nitrogen and oxygen atoms in total. The SMILES string of the molecule is COc1nc(C2CC2)nc(N(C)C(=O)O)n1. The molecule has 1 amide bonds. The topological polar surface area (TPSA) is 88.4 Å². The van der Waals surface area contributed by atoms with Crippen LogP contribution in [0, 0.1) is 0 Å². The predicted molar refractivity (Wildman–Crippen MR) is 54.8 cm³/mol. The number of nitrogens with zero attached hydrogens (tertiary/aromatic N) is 4. The van der Waals surface area contributed by atoms with E-state index in [4.69, 9.17) is 9.84 Å². The Bertz CT molecular complexity index is 419. The third-order valence-corrected chi connectivity index (χ3v) is 2.33. The van der Waals surface area contributed by atoms with Gasteiger partial charge in [0.15, 0.2) is 0 Å². The molecule has 2 rings (SSSR count). The van der Waals surface area contributed by atoms with Crippen molar-refractivity contribution in [3.63, 3.8) is 0 Å². The third-order valence-electron chi connectivity index (χ3n) is 2.33. The van der Waals surface area contributed by atoms with Crippen LogP contribution in [-0.4, -0.2) is 40.3 Å². The second-order valence-corrected chi connectivity index (χ2v) is 3.60. The highest BCUT2D eigenvalue weighted by Gasteiger charge is 2.29. The van der Waals surface area contributed by atoms with Gasteiger partial charge in [0, 0.05) is 13.0 Å². The van der Waals surface area contributed by atoms with Gasteiger partial charge in [-0.1, -0.05) is 0 Å². The quantitative estimate of drug-likeness (QED) is 0.819. The maximum atomic E-state index is 10.8. The molecule has 1 aliphatic carbocycles. The molecule has 1 N–H and O–H groups in total. The molecule has 1 aromatic heterocycles. The van der Waals surface area contributed by atoms with Crippen LogP contribution >= 0.6 is 0 Å². The van der Waals surface area contributed by atoms with Gasteiger partial charge in [0.2, 0.25) is 5.95 Å². The van der Waals surface area contributed by atoms with E-state index in [2.05, 4.69) is 15.0 Å². The molecule has 7 heteroatoms. The molecule has 0 aliphatic heterocycles. The summed E-state index contributed by atoms with van der Waals surface area (Å²) in [4.78, 5) is 23.8. The number of hydrogen-bond donors (Lipinski definition) is 1. The lowest BCUT2D eigenvalue weighted by molar-refractivity contribution is 0.203. The Kier molecular flexibility index (Phi) is 2.59. The summed E-state index contributed by atoms with van der Waals surface area (Å²) in [7, 11) is 2.82. The van der Waals surface area contributed by atoms with Gasteiger partial charge in [-0.3, -0.25) is 0 Å². The summed E-state index contributed by atoms with van der Waals surface area (Å²) in [6.45, 7) is 0. The van der Waals surface area contributed by atoms with Crippen LogP contribution in [-0.2, 0) is 0 Å². The maximum Gasteiger partial charge on any atom is 0.413 e. The van der Waals surface area contributed by atoms with Crippen LogP contribution in [0.25, 0.3) is 0 Å². The molecule has 16 heavy (non-hydrogen) atoms. The molecule has 1 heterocycles. The Balaban J connectivity index is 2.36. The molecule has 0 radical (unpaired) electrons. The molecule has 0 aromatic carbocycles. The van der Waals surface area contributed by atoms with Gasteiger partial charge in [0.1, 0.15) is 5.82 Å². The third kappa shape index (κ3) is 2.02. The smallest absolute Gasteiger partial charge is 0.413 e. The van der Waals surface area contributed by atoms with Crippen LogP contribution in [0.2, 0.25) is 0 Å². The van der Waals surface area contributed by atoms with Gasteiger partial charge in [0.25, 0.3) is 0 Å². The first-order valence-electron chi connectivity index (χ1n) is 4.88. The zero-order valence-corrected chi connectivity index (χ0v) is 9.04. The number of carboxylic acid groups (broad SMARTS) is 1. The molecule has 86 valence electrons. The van der Waals surface area contributed by atoms with E-state index in [1.807, 2.05) is 0 Å². The minimum Gasteiger partial charge on any atom is -0.467 e. The van der Waals surface area contributed by atoms with E-state index in [0.29, 0.717) is 11.7 Å². The van der Waals surface area contributed by atoms with Gasteiger partial charge in [-0.2, -0.15) is 15.0 Å². The van der Waals surface area contributed by atoms with Crippen molar-refractivity contribution in [2.75, 3.05) is 19.1 Å². The Morgan fingerprint density at radius 3 is 2.62 bits per heavy atom. The van der Waals surface area contributed by atoms with E-state index in [-0.39, 0.29) is 12.0 Å². The lowest BCUT2D eigenvalue weighted by Crippen LogP contribution is -2.26. The maximum absolute atomic E-state index is 10.8. The fourth-order valence-corrected chi connectivity index (χ4v) is 1.21. The minimum absolute atomic E-state index is 0.0984. The fourth-order valence-electron chi connectivity index (χ4n) is 1.21. The number of amides is 1. The Labute approximate surface area is 92.1 Å². The average Bonchev–Trinajstić information content (AvgIpc) is 3.11. The monoisotopic (exact) mass is 224 g/mol. The highest BCUT2D eigenvalue weighted by atomic mass is 16.5. The van der Waals surface area contributed by atoms with E-state index in [1.54, 1.807) is 0 Å². The molecule has 1 fully saturated rings. The van der Waals surface area contributed by atoms with E-state index in [0.717, 1.165) is 17.7 Å². The van der Waals surface area contributed by atoms with Crippen molar-refractivity contribution in [1.82, 2.24) is 15.0 Å². The molecule has 1 aliphatic rings.